The Balaban J connectivity index is 1.77. The molecule has 34 heavy (non-hydrogen) atoms. The topological polar surface area (TPSA) is 88.4 Å². The number of carboxylic acid groups (broad SMARTS) is 1. The van der Waals surface area contributed by atoms with E-state index in [1.165, 1.54) is 11.3 Å². The largest absolute Gasteiger partial charge is 0.496 e. The number of benzene rings is 1. The lowest BCUT2D eigenvalue weighted by atomic mass is 10.0. The summed E-state index contributed by atoms with van der Waals surface area (Å²) in [6.45, 7) is 6.35. The molecular weight excluding hydrogens is 468 g/mol. The maximum atomic E-state index is 12.1. The number of nitrogens with zero attached hydrogens (tertiary/aromatic N) is 4. The highest BCUT2D eigenvalue weighted by Gasteiger charge is 2.24. The molecule has 3 heterocycles. The first kappa shape index (κ1) is 23.8. The minimum Gasteiger partial charge on any atom is -0.496 e. The Morgan fingerprint density at radius 3 is 2.65 bits per heavy atom. The second-order valence-corrected chi connectivity index (χ2v) is 10.3. The molecule has 0 aliphatic heterocycles. The van der Waals surface area contributed by atoms with Crippen molar-refractivity contribution in [2.24, 2.45) is 5.92 Å². The predicted octanol–water partition coefficient (Wildman–Crippen LogP) is 6.31. The van der Waals surface area contributed by atoms with Crippen molar-refractivity contribution < 1.29 is 14.6 Å². The molecule has 0 spiro atoms. The highest BCUT2D eigenvalue weighted by atomic mass is 32.1. The second-order valence-electron chi connectivity index (χ2n) is 8.32. The standard InChI is InChI=1S/C25H26N4O3S2/c1-14(2)11-20-21(16-8-9-18(32-5)15(3)12-16)28-25(34-20)29(4)23-22(24(30)31)27-17(13-26-23)19-7-6-10-33-19/h6-10,12-14H,11H2,1-5H3,(H,30,31). The summed E-state index contributed by atoms with van der Waals surface area (Å²) >= 11 is 3.04. The molecule has 9 heteroatoms. The summed E-state index contributed by atoms with van der Waals surface area (Å²) in [5.74, 6) is 0.401. The number of aromatic carboxylic acids is 1. The first-order valence-electron chi connectivity index (χ1n) is 10.8. The number of hydrogen-bond acceptors (Lipinski definition) is 8. The predicted molar refractivity (Wildman–Crippen MR) is 138 cm³/mol. The minimum atomic E-state index is -1.13. The number of carboxylic acids is 1. The van der Waals surface area contributed by atoms with Gasteiger partial charge in [-0.1, -0.05) is 19.9 Å². The van der Waals surface area contributed by atoms with E-state index in [0.717, 1.165) is 38.7 Å². The fraction of sp³-hybridized carbons (Fsp3) is 0.280. The number of aromatic nitrogens is 3. The normalized spacial score (nSPS) is 11.1. The number of hydrogen-bond donors (Lipinski definition) is 1. The molecule has 176 valence electrons. The maximum Gasteiger partial charge on any atom is 0.358 e. The van der Waals surface area contributed by atoms with E-state index < -0.39 is 5.97 Å². The summed E-state index contributed by atoms with van der Waals surface area (Å²) < 4.78 is 5.41. The summed E-state index contributed by atoms with van der Waals surface area (Å²) in [6.07, 6.45) is 2.47. The van der Waals surface area contributed by atoms with Gasteiger partial charge in [-0.25, -0.2) is 19.7 Å². The quantitative estimate of drug-likeness (QED) is 0.307. The zero-order valence-corrected chi connectivity index (χ0v) is 21.3. The molecule has 0 saturated carbocycles. The number of thiazole rings is 1. The number of aryl methyl sites for hydroxylation is 1. The van der Waals surface area contributed by atoms with Gasteiger partial charge in [0.25, 0.3) is 0 Å². The number of anilines is 2. The number of rotatable bonds is 8. The van der Waals surface area contributed by atoms with Crippen LogP contribution in [0.3, 0.4) is 0 Å². The first-order chi connectivity index (χ1) is 16.3. The van der Waals surface area contributed by atoms with Gasteiger partial charge in [0.05, 0.1) is 29.6 Å². The van der Waals surface area contributed by atoms with E-state index in [1.54, 1.807) is 36.6 Å². The molecule has 1 aromatic carbocycles. The van der Waals surface area contributed by atoms with E-state index in [-0.39, 0.29) is 11.5 Å². The highest BCUT2D eigenvalue weighted by molar-refractivity contribution is 7.16. The van der Waals surface area contributed by atoms with Gasteiger partial charge in [0.1, 0.15) is 5.75 Å². The van der Waals surface area contributed by atoms with Gasteiger partial charge in [-0.05, 0) is 54.5 Å². The molecule has 4 aromatic rings. The third-order valence-corrected chi connectivity index (χ3v) is 7.33. The van der Waals surface area contributed by atoms with Crippen LogP contribution in [-0.2, 0) is 6.42 Å². The third-order valence-electron chi connectivity index (χ3n) is 5.28. The Morgan fingerprint density at radius 2 is 2.03 bits per heavy atom. The Hall–Kier alpha value is -3.30. The van der Waals surface area contributed by atoms with E-state index in [9.17, 15) is 9.90 Å². The lowest BCUT2D eigenvalue weighted by molar-refractivity contribution is 0.0691. The fourth-order valence-electron chi connectivity index (χ4n) is 3.65. The minimum absolute atomic E-state index is 0.101. The van der Waals surface area contributed by atoms with Crippen LogP contribution in [0.2, 0.25) is 0 Å². The van der Waals surface area contributed by atoms with Crippen LogP contribution in [0.1, 0.15) is 34.8 Å². The van der Waals surface area contributed by atoms with Crippen molar-refractivity contribution in [1.82, 2.24) is 15.0 Å². The first-order valence-corrected chi connectivity index (χ1v) is 12.5. The number of carbonyl (C=O) groups is 1. The summed E-state index contributed by atoms with van der Waals surface area (Å²) in [5.41, 5.74) is 3.37. The monoisotopic (exact) mass is 494 g/mol. The van der Waals surface area contributed by atoms with E-state index >= 15 is 0 Å². The number of methoxy groups -OCH3 is 1. The van der Waals surface area contributed by atoms with Crippen LogP contribution < -0.4 is 9.64 Å². The zero-order chi connectivity index (χ0) is 24.4. The van der Waals surface area contributed by atoms with E-state index in [0.29, 0.717) is 16.7 Å². The van der Waals surface area contributed by atoms with Crippen molar-refractivity contribution in [3.8, 4) is 27.6 Å². The van der Waals surface area contributed by atoms with Crippen LogP contribution >= 0.6 is 22.7 Å². The Kier molecular flexibility index (Phi) is 6.95. The molecule has 0 aliphatic carbocycles. The molecule has 4 rings (SSSR count). The van der Waals surface area contributed by atoms with Crippen LogP contribution in [0.5, 0.6) is 5.75 Å². The van der Waals surface area contributed by atoms with Crippen LogP contribution in [0.25, 0.3) is 21.8 Å². The van der Waals surface area contributed by atoms with Crippen LogP contribution in [0.4, 0.5) is 10.9 Å². The summed E-state index contributed by atoms with van der Waals surface area (Å²) in [7, 11) is 3.44. The van der Waals surface area contributed by atoms with Gasteiger partial charge in [-0.3, -0.25) is 0 Å². The number of ether oxygens (including phenoxy) is 1. The van der Waals surface area contributed by atoms with Crippen LogP contribution in [-0.4, -0.2) is 40.2 Å². The van der Waals surface area contributed by atoms with E-state index in [4.69, 9.17) is 9.72 Å². The molecule has 0 bridgehead atoms. The van der Waals surface area contributed by atoms with Crippen LogP contribution in [0.15, 0.2) is 41.9 Å². The fourth-order valence-corrected chi connectivity index (χ4v) is 5.59. The van der Waals surface area contributed by atoms with Gasteiger partial charge in [-0.2, -0.15) is 0 Å². The molecule has 3 aromatic heterocycles. The SMILES string of the molecule is COc1ccc(-c2nc(N(C)c3ncc(-c4cccs4)nc3C(=O)O)sc2CC(C)C)cc1C. The average Bonchev–Trinajstić information content (AvgIpc) is 3.48. The van der Waals surface area contributed by atoms with Crippen molar-refractivity contribution in [1.29, 1.82) is 0 Å². The Bertz CT molecular complexity index is 1320. The summed E-state index contributed by atoms with van der Waals surface area (Å²) in [5, 5.41) is 12.5. The average molecular weight is 495 g/mol. The molecule has 0 amide bonds. The Morgan fingerprint density at radius 1 is 1.24 bits per heavy atom. The van der Waals surface area contributed by atoms with Gasteiger partial charge >= 0.3 is 5.97 Å². The van der Waals surface area contributed by atoms with Gasteiger partial charge in [-0.15, -0.1) is 22.7 Å². The van der Waals surface area contributed by atoms with Crippen molar-refractivity contribution in [2.45, 2.75) is 27.2 Å². The molecule has 1 N–H and O–H groups in total. The molecule has 7 nitrogen and oxygen atoms in total. The molecule has 0 radical (unpaired) electrons. The number of thiophene rings is 1. The third kappa shape index (κ3) is 4.80. The van der Waals surface area contributed by atoms with E-state index in [2.05, 4.69) is 29.9 Å². The van der Waals surface area contributed by atoms with Gasteiger partial charge in [0, 0.05) is 17.5 Å². The van der Waals surface area contributed by atoms with Crippen molar-refractivity contribution >= 4 is 39.6 Å². The van der Waals surface area contributed by atoms with E-state index in [1.807, 2.05) is 36.6 Å². The Labute approximate surface area is 206 Å². The maximum absolute atomic E-state index is 12.1. The van der Waals surface area contributed by atoms with Crippen molar-refractivity contribution in [2.75, 3.05) is 19.1 Å². The molecule has 0 saturated heterocycles. The molecule has 0 atom stereocenters. The van der Waals surface area contributed by atoms with Gasteiger partial charge < -0.3 is 14.7 Å². The highest BCUT2D eigenvalue weighted by Crippen LogP contribution is 2.38. The molecule has 0 unspecified atom stereocenters. The molecule has 0 fully saturated rings. The zero-order valence-electron chi connectivity index (χ0n) is 19.7. The van der Waals surface area contributed by atoms with Crippen molar-refractivity contribution in [3.63, 3.8) is 0 Å². The molecular formula is C25H26N4O3S2. The van der Waals surface area contributed by atoms with Crippen LogP contribution in [0, 0.1) is 12.8 Å². The molecule has 0 aliphatic rings. The second kappa shape index (κ2) is 9.90. The van der Waals surface area contributed by atoms with Gasteiger partial charge in [0.2, 0.25) is 0 Å². The smallest absolute Gasteiger partial charge is 0.358 e. The summed E-state index contributed by atoms with van der Waals surface area (Å²) in [4.78, 5) is 29.6. The summed E-state index contributed by atoms with van der Waals surface area (Å²) in [6, 6.07) is 9.82. The van der Waals surface area contributed by atoms with Gasteiger partial charge in [0.15, 0.2) is 16.6 Å². The lowest BCUT2D eigenvalue weighted by Crippen LogP contribution is -2.17. The lowest BCUT2D eigenvalue weighted by Gasteiger charge is -2.16. The van der Waals surface area contributed by atoms with Crippen molar-refractivity contribution in [3.05, 3.63) is 58.0 Å².